The Morgan fingerprint density at radius 3 is 2.03 bits per heavy atom. The number of hydrogen-bond donors (Lipinski definition) is 2. The highest BCUT2D eigenvalue weighted by molar-refractivity contribution is 5.96. The van der Waals surface area contributed by atoms with Crippen LogP contribution in [0.3, 0.4) is 0 Å². The van der Waals surface area contributed by atoms with E-state index >= 15 is 0 Å². The predicted octanol–water partition coefficient (Wildman–Crippen LogP) is 3.54. The number of benzene rings is 1. The molecule has 4 amide bonds. The van der Waals surface area contributed by atoms with Crippen LogP contribution in [0.5, 0.6) is 0 Å². The van der Waals surface area contributed by atoms with Crippen molar-refractivity contribution in [3.05, 3.63) is 24.3 Å². The first-order chi connectivity index (χ1) is 13.7. The zero-order valence-electron chi connectivity index (χ0n) is 17.7. The molecule has 3 rings (SSSR count). The Bertz CT molecular complexity index is 758. The van der Waals surface area contributed by atoms with E-state index in [1.807, 2.05) is 48.8 Å². The van der Waals surface area contributed by atoms with Crippen LogP contribution in [0.2, 0.25) is 0 Å². The number of carbonyl (C=O) groups is 3. The Morgan fingerprint density at radius 2 is 1.45 bits per heavy atom. The number of likely N-dealkylation sites (tertiary alicyclic amines) is 2. The molecule has 2 fully saturated rings. The van der Waals surface area contributed by atoms with Crippen molar-refractivity contribution in [3.63, 3.8) is 0 Å². The van der Waals surface area contributed by atoms with Crippen molar-refractivity contribution in [3.8, 4) is 0 Å². The molecule has 7 nitrogen and oxygen atoms in total. The number of piperidine rings is 1. The maximum atomic E-state index is 12.7. The first-order valence-corrected chi connectivity index (χ1v) is 10.5. The smallest absolute Gasteiger partial charge is 0.319 e. The van der Waals surface area contributed by atoms with Crippen LogP contribution in [0.4, 0.5) is 16.2 Å². The second kappa shape index (κ2) is 8.84. The number of amides is 4. The molecule has 0 atom stereocenters. The van der Waals surface area contributed by atoms with Gasteiger partial charge in [-0.2, -0.15) is 0 Å². The molecule has 0 radical (unpaired) electrons. The zero-order valence-corrected chi connectivity index (χ0v) is 17.7. The van der Waals surface area contributed by atoms with Crippen LogP contribution in [-0.4, -0.2) is 53.8 Å². The van der Waals surface area contributed by atoms with Crippen molar-refractivity contribution in [1.82, 2.24) is 9.80 Å². The van der Waals surface area contributed by atoms with Gasteiger partial charge in [-0.05, 0) is 43.9 Å². The number of anilines is 2. The van der Waals surface area contributed by atoms with Gasteiger partial charge >= 0.3 is 6.03 Å². The van der Waals surface area contributed by atoms with Crippen molar-refractivity contribution in [2.45, 2.75) is 46.5 Å². The monoisotopic (exact) mass is 400 g/mol. The Labute approximate surface area is 172 Å². The molecule has 1 aromatic carbocycles. The third-order valence-corrected chi connectivity index (χ3v) is 5.58. The number of carbonyl (C=O) groups excluding carboxylic acids is 3. The number of rotatable bonds is 3. The summed E-state index contributed by atoms with van der Waals surface area (Å²) in [6.07, 6.45) is 3.51. The lowest BCUT2D eigenvalue weighted by Crippen LogP contribution is -2.47. The van der Waals surface area contributed by atoms with Crippen LogP contribution in [0.25, 0.3) is 0 Å². The first kappa shape index (κ1) is 21.1. The van der Waals surface area contributed by atoms with Gasteiger partial charge < -0.3 is 20.4 Å². The lowest BCUT2D eigenvalue weighted by Gasteiger charge is -2.34. The largest absolute Gasteiger partial charge is 0.326 e. The van der Waals surface area contributed by atoms with E-state index in [1.165, 1.54) is 0 Å². The van der Waals surface area contributed by atoms with Crippen molar-refractivity contribution < 1.29 is 14.4 Å². The van der Waals surface area contributed by atoms with Gasteiger partial charge in [-0.15, -0.1) is 0 Å². The molecule has 0 bridgehead atoms. The summed E-state index contributed by atoms with van der Waals surface area (Å²) < 4.78 is 0. The molecule has 2 heterocycles. The topological polar surface area (TPSA) is 81.8 Å². The third-order valence-electron chi connectivity index (χ3n) is 5.58. The van der Waals surface area contributed by atoms with Crippen molar-refractivity contribution in [2.75, 3.05) is 36.8 Å². The summed E-state index contributed by atoms with van der Waals surface area (Å²) >= 11 is 0. The minimum Gasteiger partial charge on any atom is -0.326 e. The standard InChI is InChI=1S/C22H32N4O3/c1-22(2,3)20(28)24-18-8-6-7-17(15-18)23-19(27)16-9-13-26(14-10-16)21(29)25-11-4-5-12-25/h6-8,15-16H,4-5,9-14H2,1-3H3,(H,23,27)(H,24,28). The number of nitrogens with zero attached hydrogens (tertiary/aromatic N) is 2. The van der Waals surface area contributed by atoms with Crippen molar-refractivity contribution in [2.24, 2.45) is 11.3 Å². The Morgan fingerprint density at radius 1 is 0.897 bits per heavy atom. The Hall–Kier alpha value is -2.57. The van der Waals surface area contributed by atoms with Gasteiger partial charge in [-0.1, -0.05) is 26.8 Å². The van der Waals surface area contributed by atoms with Crippen LogP contribution in [0.1, 0.15) is 46.5 Å². The highest BCUT2D eigenvalue weighted by Gasteiger charge is 2.30. The maximum Gasteiger partial charge on any atom is 0.319 e. The fourth-order valence-corrected chi connectivity index (χ4v) is 3.68. The van der Waals surface area contributed by atoms with Gasteiger partial charge in [-0.3, -0.25) is 9.59 Å². The van der Waals surface area contributed by atoms with Crippen molar-refractivity contribution in [1.29, 1.82) is 0 Å². The van der Waals surface area contributed by atoms with E-state index in [2.05, 4.69) is 10.6 Å². The molecule has 29 heavy (non-hydrogen) atoms. The molecular weight excluding hydrogens is 368 g/mol. The molecule has 1 aromatic rings. The van der Waals surface area contributed by atoms with Gasteiger partial charge in [0.15, 0.2) is 0 Å². The van der Waals surface area contributed by atoms with E-state index in [-0.39, 0.29) is 23.8 Å². The molecule has 2 aliphatic rings. The lowest BCUT2D eigenvalue weighted by atomic mass is 9.95. The van der Waals surface area contributed by atoms with Gasteiger partial charge in [0, 0.05) is 48.9 Å². The first-order valence-electron chi connectivity index (χ1n) is 10.5. The number of nitrogens with one attached hydrogen (secondary N) is 2. The fourth-order valence-electron chi connectivity index (χ4n) is 3.68. The normalized spacial score (nSPS) is 17.9. The summed E-state index contributed by atoms with van der Waals surface area (Å²) in [5.41, 5.74) is 0.839. The quantitative estimate of drug-likeness (QED) is 0.814. The van der Waals surface area contributed by atoms with Crippen LogP contribution >= 0.6 is 0 Å². The van der Waals surface area contributed by atoms with E-state index in [0.717, 1.165) is 25.9 Å². The van der Waals surface area contributed by atoms with Crippen LogP contribution in [-0.2, 0) is 9.59 Å². The summed E-state index contributed by atoms with van der Waals surface area (Å²) in [6.45, 7) is 8.51. The average molecular weight is 401 g/mol. The lowest BCUT2D eigenvalue weighted by molar-refractivity contribution is -0.123. The van der Waals surface area contributed by atoms with Crippen LogP contribution in [0, 0.1) is 11.3 Å². The maximum absolute atomic E-state index is 12.7. The molecule has 2 N–H and O–H groups in total. The van der Waals surface area contributed by atoms with E-state index in [4.69, 9.17) is 0 Å². The highest BCUT2D eigenvalue weighted by atomic mass is 16.2. The Balaban J connectivity index is 1.51. The van der Waals surface area contributed by atoms with E-state index in [9.17, 15) is 14.4 Å². The molecule has 158 valence electrons. The molecule has 0 aliphatic carbocycles. The van der Waals surface area contributed by atoms with Gasteiger partial charge in [0.1, 0.15) is 0 Å². The minimum absolute atomic E-state index is 0.0300. The second-order valence-corrected chi connectivity index (χ2v) is 9.01. The fraction of sp³-hybridized carbons (Fsp3) is 0.591. The summed E-state index contributed by atoms with van der Waals surface area (Å²) in [7, 11) is 0. The SMILES string of the molecule is CC(C)(C)C(=O)Nc1cccc(NC(=O)C2CCN(C(=O)N3CCCC3)CC2)c1. The summed E-state index contributed by atoms with van der Waals surface area (Å²) in [4.78, 5) is 41.1. The second-order valence-electron chi connectivity index (χ2n) is 9.01. The van der Waals surface area contributed by atoms with Gasteiger partial charge in [-0.25, -0.2) is 4.79 Å². The molecule has 0 unspecified atom stereocenters. The van der Waals surface area contributed by atoms with Crippen LogP contribution < -0.4 is 10.6 Å². The molecule has 7 heteroatoms. The van der Waals surface area contributed by atoms with Crippen LogP contribution in [0.15, 0.2) is 24.3 Å². The summed E-state index contributed by atoms with van der Waals surface area (Å²) in [6, 6.07) is 7.32. The minimum atomic E-state index is -0.486. The Kier molecular flexibility index (Phi) is 6.45. The van der Waals surface area contributed by atoms with Gasteiger partial charge in [0.2, 0.25) is 11.8 Å². The van der Waals surface area contributed by atoms with Gasteiger partial charge in [0.05, 0.1) is 0 Å². The number of urea groups is 1. The molecule has 0 saturated carbocycles. The van der Waals surface area contributed by atoms with Crippen molar-refractivity contribution >= 4 is 29.2 Å². The molecule has 2 saturated heterocycles. The van der Waals surface area contributed by atoms with E-state index in [0.29, 0.717) is 37.3 Å². The molecular formula is C22H32N4O3. The number of hydrogen-bond acceptors (Lipinski definition) is 3. The average Bonchev–Trinajstić information content (AvgIpc) is 3.22. The van der Waals surface area contributed by atoms with E-state index in [1.54, 1.807) is 6.07 Å². The van der Waals surface area contributed by atoms with E-state index < -0.39 is 5.41 Å². The molecule has 0 aromatic heterocycles. The summed E-state index contributed by atoms with van der Waals surface area (Å²) in [5, 5.41) is 5.84. The third kappa shape index (κ3) is 5.49. The zero-order chi connectivity index (χ0) is 21.0. The summed E-state index contributed by atoms with van der Waals surface area (Å²) in [5.74, 6) is -0.209. The predicted molar refractivity (Wildman–Crippen MR) is 114 cm³/mol. The molecule has 0 spiro atoms. The molecule has 2 aliphatic heterocycles. The highest BCUT2D eigenvalue weighted by Crippen LogP contribution is 2.24. The van der Waals surface area contributed by atoms with Gasteiger partial charge in [0.25, 0.3) is 0 Å².